The molecule has 3 aromatic rings. The minimum atomic E-state index is -0.118. The summed E-state index contributed by atoms with van der Waals surface area (Å²) in [7, 11) is 3.50. The summed E-state index contributed by atoms with van der Waals surface area (Å²) in [5.74, 6) is 1.39. The molecule has 0 saturated carbocycles. The molecule has 1 saturated heterocycles. The molecule has 4 heteroatoms. The Kier molecular flexibility index (Phi) is 9.12. The number of hydrogen-bond acceptors (Lipinski definition) is 4. The van der Waals surface area contributed by atoms with E-state index in [-0.39, 0.29) is 6.29 Å². The molecule has 220 valence electrons. The number of hydrogen-bond donors (Lipinski definition) is 0. The smallest absolute Gasteiger partial charge is 0.159 e. The van der Waals surface area contributed by atoms with Gasteiger partial charge in [-0.05, 0) is 122 Å². The van der Waals surface area contributed by atoms with E-state index in [1.54, 1.807) is 25.4 Å². The summed E-state index contributed by atoms with van der Waals surface area (Å²) in [5, 5.41) is 0. The van der Waals surface area contributed by atoms with Gasteiger partial charge in [-0.2, -0.15) is 0 Å². The van der Waals surface area contributed by atoms with Crippen LogP contribution < -0.4 is 9.64 Å². The number of ether oxygens (including phenoxy) is 3. The summed E-state index contributed by atoms with van der Waals surface area (Å²) in [6, 6.07) is 27.0. The van der Waals surface area contributed by atoms with Crippen molar-refractivity contribution in [3.63, 3.8) is 0 Å². The van der Waals surface area contributed by atoms with Crippen LogP contribution in [-0.4, -0.2) is 33.1 Å². The third kappa shape index (κ3) is 6.21. The fourth-order valence-electron chi connectivity index (χ4n) is 7.30. The van der Waals surface area contributed by atoms with Gasteiger partial charge in [0.15, 0.2) is 6.29 Å². The average Bonchev–Trinajstić information content (AvgIpc) is 3.05. The minimum Gasteiger partial charge on any atom is -0.489 e. The molecule has 2 unspecified atom stereocenters. The van der Waals surface area contributed by atoms with Crippen molar-refractivity contribution in [3.05, 3.63) is 112 Å². The minimum absolute atomic E-state index is 0.118. The van der Waals surface area contributed by atoms with Crippen LogP contribution in [0.5, 0.6) is 5.75 Å². The fourth-order valence-corrected chi connectivity index (χ4v) is 7.30. The van der Waals surface area contributed by atoms with E-state index in [0.717, 1.165) is 38.0 Å². The molecule has 42 heavy (non-hydrogen) atoms. The third-order valence-corrected chi connectivity index (χ3v) is 9.47. The van der Waals surface area contributed by atoms with Gasteiger partial charge >= 0.3 is 0 Å². The number of methoxy groups -OCH3 is 2. The van der Waals surface area contributed by atoms with Gasteiger partial charge in [0.2, 0.25) is 0 Å². The quantitative estimate of drug-likeness (QED) is 0.244. The summed E-state index contributed by atoms with van der Waals surface area (Å²) in [6.07, 6.45) is 11.7. The van der Waals surface area contributed by atoms with Crippen molar-refractivity contribution >= 4 is 11.3 Å². The number of nitrogens with zero attached hydrogens (tertiary/aromatic N) is 1. The highest BCUT2D eigenvalue weighted by molar-refractivity contribution is 5.88. The van der Waals surface area contributed by atoms with Crippen LogP contribution in [0.25, 0.3) is 5.57 Å². The van der Waals surface area contributed by atoms with E-state index in [4.69, 9.17) is 14.2 Å². The van der Waals surface area contributed by atoms with Gasteiger partial charge in [-0.1, -0.05) is 54.6 Å². The maximum atomic E-state index is 6.22. The van der Waals surface area contributed by atoms with Crippen molar-refractivity contribution in [1.82, 2.24) is 0 Å². The van der Waals surface area contributed by atoms with Gasteiger partial charge in [-0.3, -0.25) is 0 Å². The lowest BCUT2D eigenvalue weighted by atomic mass is 9.77. The predicted octanol–water partition coefficient (Wildman–Crippen LogP) is 8.74. The number of anilines is 1. The van der Waals surface area contributed by atoms with Crippen LogP contribution in [0, 0.1) is 5.92 Å². The zero-order chi connectivity index (χ0) is 28.9. The van der Waals surface area contributed by atoms with E-state index in [2.05, 4.69) is 84.6 Å². The molecule has 0 N–H and O–H groups in total. The Hall–Kier alpha value is -3.34. The Morgan fingerprint density at radius 2 is 1.69 bits per heavy atom. The van der Waals surface area contributed by atoms with Crippen LogP contribution in [0.15, 0.2) is 90.0 Å². The highest BCUT2D eigenvalue weighted by Gasteiger charge is 2.31. The summed E-state index contributed by atoms with van der Waals surface area (Å²) in [5.41, 5.74) is 11.1. The molecule has 0 radical (unpaired) electrons. The van der Waals surface area contributed by atoms with Gasteiger partial charge in [-0.15, -0.1) is 0 Å². The predicted molar refractivity (Wildman–Crippen MR) is 172 cm³/mol. The van der Waals surface area contributed by atoms with Crippen LogP contribution in [0.3, 0.4) is 0 Å². The molecule has 1 aliphatic heterocycles. The topological polar surface area (TPSA) is 30.9 Å². The molecule has 3 aromatic carbocycles. The number of aryl methyl sites for hydroxylation is 1. The van der Waals surface area contributed by atoms with Crippen LogP contribution in [-0.2, 0) is 22.5 Å². The van der Waals surface area contributed by atoms with Gasteiger partial charge in [0, 0.05) is 38.4 Å². The summed E-state index contributed by atoms with van der Waals surface area (Å²) in [6.45, 7) is 3.94. The van der Waals surface area contributed by atoms with Gasteiger partial charge in [0.05, 0.1) is 0 Å². The van der Waals surface area contributed by atoms with E-state index in [1.807, 2.05) is 6.07 Å². The largest absolute Gasteiger partial charge is 0.489 e. The van der Waals surface area contributed by atoms with Crippen molar-refractivity contribution < 1.29 is 14.2 Å². The first-order valence-corrected chi connectivity index (χ1v) is 15.8. The van der Waals surface area contributed by atoms with Gasteiger partial charge in [0.1, 0.15) is 12.4 Å². The van der Waals surface area contributed by atoms with Crippen molar-refractivity contribution in [3.8, 4) is 5.75 Å². The molecule has 0 aromatic heterocycles. The van der Waals surface area contributed by atoms with Crippen LogP contribution in [0.2, 0.25) is 0 Å². The second-order valence-electron chi connectivity index (χ2n) is 12.1. The summed E-state index contributed by atoms with van der Waals surface area (Å²) >= 11 is 0. The van der Waals surface area contributed by atoms with E-state index in [0.29, 0.717) is 18.6 Å². The van der Waals surface area contributed by atoms with Crippen molar-refractivity contribution in [2.24, 2.45) is 5.92 Å². The SMILES string of the molecule is COC(OC)C1CCN(c2ccc(C3=C(C4=CCCCC4)CCc4cc(OCc5ccccc5)ccc43)cc2)C(C)C1. The Morgan fingerprint density at radius 3 is 2.40 bits per heavy atom. The van der Waals surface area contributed by atoms with Crippen LogP contribution in [0.1, 0.15) is 74.1 Å². The van der Waals surface area contributed by atoms with Crippen molar-refractivity contribution in [1.29, 1.82) is 0 Å². The molecule has 0 spiro atoms. The van der Waals surface area contributed by atoms with Gasteiger partial charge < -0.3 is 19.1 Å². The summed E-state index contributed by atoms with van der Waals surface area (Å²) < 4.78 is 17.4. The molecule has 1 fully saturated rings. The number of allylic oxidation sites excluding steroid dienone is 3. The Bertz CT molecular complexity index is 1400. The van der Waals surface area contributed by atoms with E-state index in [1.165, 1.54) is 59.2 Å². The molecule has 4 nitrogen and oxygen atoms in total. The molecule has 2 atom stereocenters. The number of benzene rings is 3. The van der Waals surface area contributed by atoms with E-state index < -0.39 is 0 Å². The highest BCUT2D eigenvalue weighted by Crippen LogP contribution is 2.43. The first-order chi connectivity index (χ1) is 20.6. The maximum Gasteiger partial charge on any atom is 0.159 e. The van der Waals surface area contributed by atoms with Crippen LogP contribution in [0.4, 0.5) is 5.69 Å². The lowest BCUT2D eigenvalue weighted by Crippen LogP contribution is -2.44. The number of rotatable bonds is 9. The second kappa shape index (κ2) is 13.3. The van der Waals surface area contributed by atoms with Gasteiger partial charge in [-0.25, -0.2) is 0 Å². The molecule has 3 aliphatic rings. The normalized spacial score (nSPS) is 20.9. The Labute approximate surface area is 252 Å². The molecule has 0 amide bonds. The molecule has 6 rings (SSSR count). The zero-order valence-corrected chi connectivity index (χ0v) is 25.5. The monoisotopic (exact) mass is 563 g/mol. The lowest BCUT2D eigenvalue weighted by molar-refractivity contribution is -0.143. The summed E-state index contributed by atoms with van der Waals surface area (Å²) in [4.78, 5) is 2.55. The van der Waals surface area contributed by atoms with E-state index in [9.17, 15) is 0 Å². The van der Waals surface area contributed by atoms with Crippen molar-refractivity contribution in [2.75, 3.05) is 25.7 Å². The van der Waals surface area contributed by atoms with Crippen molar-refractivity contribution in [2.45, 2.75) is 77.2 Å². The number of fused-ring (bicyclic) bond motifs is 1. The maximum absolute atomic E-state index is 6.22. The second-order valence-corrected chi connectivity index (χ2v) is 12.1. The molecule has 1 heterocycles. The zero-order valence-electron chi connectivity index (χ0n) is 25.5. The fraction of sp³-hybridized carbons (Fsp3) is 0.421. The number of piperidine rings is 1. The molecular weight excluding hydrogens is 518 g/mol. The van der Waals surface area contributed by atoms with Gasteiger partial charge in [0.25, 0.3) is 0 Å². The van der Waals surface area contributed by atoms with Crippen LogP contribution >= 0.6 is 0 Å². The standard InChI is InChI=1S/C38H45NO3/c1-27-24-32(38(40-2)41-3)22-23-39(27)33-17-14-30(15-18-33)37-35(29-12-8-5-9-13-29)20-16-31-25-34(19-21-36(31)37)42-26-28-10-6-4-7-11-28/h4,6-7,10-12,14-15,17-19,21,25,27,32,38H,5,8-9,13,16,20,22-24,26H2,1-3H3. The average molecular weight is 564 g/mol. The third-order valence-electron chi connectivity index (χ3n) is 9.47. The Balaban J connectivity index is 1.27. The highest BCUT2D eigenvalue weighted by atomic mass is 16.7. The van der Waals surface area contributed by atoms with E-state index >= 15 is 0 Å². The molecule has 0 bridgehead atoms. The molecule has 2 aliphatic carbocycles. The Morgan fingerprint density at radius 1 is 0.881 bits per heavy atom. The lowest BCUT2D eigenvalue weighted by Gasteiger charge is -2.41. The molecular formula is C38H45NO3. The first-order valence-electron chi connectivity index (χ1n) is 15.8. The first kappa shape index (κ1) is 28.8.